The molecule has 0 aromatic heterocycles. The summed E-state index contributed by atoms with van der Waals surface area (Å²) in [5, 5.41) is 2.99. The Morgan fingerprint density at radius 1 is 1.00 bits per heavy atom. The molecule has 1 rings (SSSR count). The zero-order chi connectivity index (χ0) is 18.7. The molecule has 0 heterocycles. The summed E-state index contributed by atoms with van der Waals surface area (Å²) >= 11 is 0. The van der Waals surface area contributed by atoms with Crippen molar-refractivity contribution in [2.75, 3.05) is 39.5 Å². The van der Waals surface area contributed by atoms with E-state index in [1.807, 2.05) is 26.0 Å². The van der Waals surface area contributed by atoms with Gasteiger partial charge < -0.3 is 27.9 Å². The van der Waals surface area contributed by atoms with E-state index in [0.29, 0.717) is 0 Å². The lowest BCUT2D eigenvalue weighted by Crippen LogP contribution is -3.00. The molecular weight excluding hydrogens is 346 g/mol. The number of benzene rings is 1. The van der Waals surface area contributed by atoms with Gasteiger partial charge in [0.1, 0.15) is 0 Å². The highest BCUT2D eigenvalue weighted by Gasteiger charge is 2.14. The van der Waals surface area contributed by atoms with E-state index in [0.717, 1.165) is 29.6 Å². The molecule has 150 valence electrons. The summed E-state index contributed by atoms with van der Waals surface area (Å²) in [6.07, 6.45) is 7.12. The molecule has 1 aromatic rings. The van der Waals surface area contributed by atoms with E-state index in [9.17, 15) is 4.79 Å². The number of aryl methyl sites for hydroxylation is 1. The molecule has 0 saturated carbocycles. The van der Waals surface area contributed by atoms with Crippen LogP contribution < -0.4 is 23.5 Å². The van der Waals surface area contributed by atoms with Crippen molar-refractivity contribution in [3.63, 3.8) is 0 Å². The lowest BCUT2D eigenvalue weighted by Gasteiger charge is -2.30. The van der Waals surface area contributed by atoms with Crippen LogP contribution in [0.4, 0.5) is 5.69 Å². The van der Waals surface area contributed by atoms with E-state index in [1.54, 1.807) is 0 Å². The Morgan fingerprint density at radius 3 is 2.19 bits per heavy atom. The first kappa shape index (κ1) is 24.7. The summed E-state index contributed by atoms with van der Waals surface area (Å²) in [4.78, 5) is 11.5. The zero-order valence-corrected chi connectivity index (χ0v) is 17.8. The SMILES string of the molecule is CC(C)C(=O)NCCCCCC[N+](C)(C)CCCc1ccc(N)cc1.[Cl-]. The van der Waals surface area contributed by atoms with Gasteiger partial charge in [0.25, 0.3) is 0 Å². The molecule has 0 aliphatic heterocycles. The summed E-state index contributed by atoms with van der Waals surface area (Å²) in [7, 11) is 4.65. The largest absolute Gasteiger partial charge is 1.00 e. The van der Waals surface area contributed by atoms with Gasteiger partial charge >= 0.3 is 0 Å². The van der Waals surface area contributed by atoms with Gasteiger partial charge in [-0.1, -0.05) is 32.4 Å². The maximum Gasteiger partial charge on any atom is 0.222 e. The maximum atomic E-state index is 11.5. The highest BCUT2D eigenvalue weighted by Crippen LogP contribution is 2.11. The van der Waals surface area contributed by atoms with Crippen molar-refractivity contribution in [2.45, 2.75) is 52.4 Å². The number of rotatable bonds is 12. The van der Waals surface area contributed by atoms with Crippen molar-refractivity contribution in [3.8, 4) is 0 Å². The number of nitrogens with one attached hydrogen (secondary N) is 1. The van der Waals surface area contributed by atoms with Crippen LogP contribution in [0.1, 0.15) is 51.5 Å². The van der Waals surface area contributed by atoms with Crippen molar-refractivity contribution in [3.05, 3.63) is 29.8 Å². The van der Waals surface area contributed by atoms with E-state index in [1.165, 1.54) is 44.3 Å². The van der Waals surface area contributed by atoms with Gasteiger partial charge in [-0.15, -0.1) is 0 Å². The quantitative estimate of drug-likeness (QED) is 0.316. The molecule has 0 unspecified atom stereocenters. The molecule has 5 heteroatoms. The monoisotopic (exact) mass is 383 g/mol. The molecule has 26 heavy (non-hydrogen) atoms. The fourth-order valence-electron chi connectivity index (χ4n) is 2.94. The Kier molecular flexibility index (Phi) is 12.4. The summed E-state index contributed by atoms with van der Waals surface area (Å²) in [5.74, 6) is 0.255. The van der Waals surface area contributed by atoms with Crippen molar-refractivity contribution >= 4 is 11.6 Å². The van der Waals surface area contributed by atoms with Gasteiger partial charge in [-0.05, 0) is 43.4 Å². The molecule has 0 spiro atoms. The number of carbonyl (C=O) groups excluding carboxylic acids is 1. The fraction of sp³-hybridized carbons (Fsp3) is 0.667. The third-order valence-corrected chi connectivity index (χ3v) is 4.72. The molecule has 0 aliphatic carbocycles. The van der Waals surface area contributed by atoms with Gasteiger partial charge in [0.15, 0.2) is 0 Å². The van der Waals surface area contributed by atoms with Crippen molar-refractivity contribution in [1.29, 1.82) is 0 Å². The van der Waals surface area contributed by atoms with E-state index < -0.39 is 0 Å². The van der Waals surface area contributed by atoms with Crippen LogP contribution in [-0.2, 0) is 11.2 Å². The first-order chi connectivity index (χ1) is 11.8. The minimum atomic E-state index is 0. The third-order valence-electron chi connectivity index (χ3n) is 4.72. The lowest BCUT2D eigenvalue weighted by molar-refractivity contribution is -0.890. The number of anilines is 1. The molecule has 0 saturated heterocycles. The van der Waals surface area contributed by atoms with Crippen LogP contribution in [-0.4, -0.2) is 44.1 Å². The first-order valence-corrected chi connectivity index (χ1v) is 9.74. The topological polar surface area (TPSA) is 55.1 Å². The predicted molar refractivity (Wildman–Crippen MR) is 107 cm³/mol. The third kappa shape index (κ3) is 11.4. The van der Waals surface area contributed by atoms with Gasteiger partial charge in [0.05, 0.1) is 27.2 Å². The number of unbranched alkanes of at least 4 members (excludes halogenated alkanes) is 3. The fourth-order valence-corrected chi connectivity index (χ4v) is 2.94. The van der Waals surface area contributed by atoms with Crippen LogP contribution in [0.3, 0.4) is 0 Å². The molecular formula is C21H38ClN3O. The smallest absolute Gasteiger partial charge is 0.222 e. The summed E-state index contributed by atoms with van der Waals surface area (Å²) in [6, 6.07) is 8.23. The molecule has 0 bridgehead atoms. The minimum Gasteiger partial charge on any atom is -1.00 e. The molecule has 0 atom stereocenters. The lowest BCUT2D eigenvalue weighted by atomic mass is 10.1. The Hall–Kier alpha value is -1.26. The van der Waals surface area contributed by atoms with Crippen LogP contribution >= 0.6 is 0 Å². The van der Waals surface area contributed by atoms with Gasteiger partial charge in [-0.3, -0.25) is 4.79 Å². The predicted octanol–water partition coefficient (Wildman–Crippen LogP) is 0.614. The highest BCUT2D eigenvalue weighted by atomic mass is 35.5. The van der Waals surface area contributed by atoms with E-state index in [4.69, 9.17) is 5.73 Å². The van der Waals surface area contributed by atoms with Crippen LogP contribution in [0.25, 0.3) is 0 Å². The maximum absolute atomic E-state index is 11.5. The molecule has 3 N–H and O–H groups in total. The molecule has 0 aliphatic rings. The normalized spacial score (nSPS) is 11.3. The number of nitrogens with two attached hydrogens (primary N) is 1. The highest BCUT2D eigenvalue weighted by molar-refractivity contribution is 5.77. The van der Waals surface area contributed by atoms with Gasteiger partial charge in [0, 0.05) is 24.6 Å². The van der Waals surface area contributed by atoms with Gasteiger partial charge in [-0.25, -0.2) is 0 Å². The van der Waals surface area contributed by atoms with Crippen molar-refractivity contribution < 1.29 is 21.7 Å². The second-order valence-electron chi connectivity index (χ2n) is 8.09. The molecule has 0 radical (unpaired) electrons. The van der Waals surface area contributed by atoms with Crippen molar-refractivity contribution in [1.82, 2.24) is 5.32 Å². The molecule has 4 nitrogen and oxygen atoms in total. The van der Waals surface area contributed by atoms with Gasteiger partial charge in [0.2, 0.25) is 5.91 Å². The number of nitrogen functional groups attached to an aromatic ring is 1. The minimum absolute atomic E-state index is 0. The first-order valence-electron chi connectivity index (χ1n) is 9.74. The summed E-state index contributed by atoms with van der Waals surface area (Å²) in [6.45, 7) is 7.11. The Morgan fingerprint density at radius 2 is 1.58 bits per heavy atom. The molecule has 0 fully saturated rings. The van der Waals surface area contributed by atoms with Crippen LogP contribution in [0.2, 0.25) is 0 Å². The average Bonchev–Trinajstić information content (AvgIpc) is 2.55. The van der Waals surface area contributed by atoms with E-state index in [2.05, 4.69) is 31.5 Å². The number of halogens is 1. The summed E-state index contributed by atoms with van der Waals surface area (Å²) in [5.41, 5.74) is 7.94. The molecule has 1 aromatic carbocycles. The standard InChI is InChI=1S/C21H37N3O.ClH/c1-18(2)21(25)23-15-7-5-6-8-16-24(3,4)17-9-10-19-11-13-20(22)14-12-19;/h11-14,18H,5-10,15-17,22H2,1-4H3;1H. The summed E-state index contributed by atoms with van der Waals surface area (Å²) < 4.78 is 1.08. The number of hydrogen-bond donors (Lipinski definition) is 2. The van der Waals surface area contributed by atoms with Crippen molar-refractivity contribution in [2.24, 2.45) is 5.92 Å². The Labute approximate surface area is 166 Å². The number of amides is 1. The van der Waals surface area contributed by atoms with Crippen LogP contribution in [0.5, 0.6) is 0 Å². The number of quaternary nitrogens is 1. The van der Waals surface area contributed by atoms with E-state index >= 15 is 0 Å². The van der Waals surface area contributed by atoms with Gasteiger partial charge in [-0.2, -0.15) is 0 Å². The second-order valence-corrected chi connectivity index (χ2v) is 8.09. The zero-order valence-electron chi connectivity index (χ0n) is 17.1. The Balaban J connectivity index is 0.00000625. The van der Waals surface area contributed by atoms with E-state index in [-0.39, 0.29) is 24.2 Å². The average molecular weight is 384 g/mol. The second kappa shape index (κ2) is 13.0. The van der Waals surface area contributed by atoms with Crippen LogP contribution in [0.15, 0.2) is 24.3 Å². The molecule has 1 amide bonds. The Bertz CT molecular complexity index is 500. The number of hydrogen-bond acceptors (Lipinski definition) is 2. The number of nitrogens with zero attached hydrogens (tertiary/aromatic N) is 1. The number of carbonyl (C=O) groups is 1. The van der Waals surface area contributed by atoms with Crippen LogP contribution in [0, 0.1) is 5.92 Å².